The summed E-state index contributed by atoms with van der Waals surface area (Å²) in [6.07, 6.45) is 0. The molecular weight excluding hydrogens is 304 g/mol. The van der Waals surface area contributed by atoms with Gasteiger partial charge in [-0.05, 0) is 35.4 Å². The smallest absolute Gasteiger partial charge is 0.335 e. The molecule has 2 rings (SSSR count). The van der Waals surface area contributed by atoms with Crippen LogP contribution >= 0.6 is 0 Å². The second kappa shape index (κ2) is 8.82. The van der Waals surface area contributed by atoms with Crippen LogP contribution in [0.25, 0.3) is 0 Å². The summed E-state index contributed by atoms with van der Waals surface area (Å²) in [4.78, 5) is 13.1. The van der Waals surface area contributed by atoms with E-state index in [2.05, 4.69) is 11.0 Å². The first-order chi connectivity index (χ1) is 11.6. The molecule has 124 valence electrons. The van der Waals surface area contributed by atoms with Crippen molar-refractivity contribution in [3.63, 3.8) is 0 Å². The van der Waals surface area contributed by atoms with Crippen molar-refractivity contribution in [1.29, 1.82) is 5.26 Å². The van der Waals surface area contributed by atoms with Crippen LogP contribution in [0.15, 0.2) is 48.5 Å². The number of nitrogens with zero attached hydrogens (tertiary/aromatic N) is 2. The molecule has 0 aliphatic rings. The van der Waals surface area contributed by atoms with Crippen molar-refractivity contribution in [2.24, 2.45) is 0 Å². The molecule has 0 radical (unpaired) electrons. The van der Waals surface area contributed by atoms with Crippen LogP contribution in [0.4, 0.5) is 0 Å². The Hall–Kier alpha value is -2.68. The molecule has 2 aromatic rings. The highest BCUT2D eigenvalue weighted by Crippen LogP contribution is 2.12. The molecule has 0 saturated carbocycles. The molecule has 0 saturated heterocycles. The molecule has 24 heavy (non-hydrogen) atoms. The van der Waals surface area contributed by atoms with E-state index in [-0.39, 0.29) is 5.56 Å². The molecule has 5 heteroatoms. The van der Waals surface area contributed by atoms with Gasteiger partial charge in [0.15, 0.2) is 0 Å². The van der Waals surface area contributed by atoms with Crippen molar-refractivity contribution in [2.45, 2.75) is 13.1 Å². The lowest BCUT2D eigenvalue weighted by molar-refractivity contribution is 0.0697. The Morgan fingerprint density at radius 1 is 1.08 bits per heavy atom. The van der Waals surface area contributed by atoms with Crippen LogP contribution in [0, 0.1) is 11.3 Å². The van der Waals surface area contributed by atoms with E-state index >= 15 is 0 Å². The fourth-order valence-electron chi connectivity index (χ4n) is 2.39. The van der Waals surface area contributed by atoms with Gasteiger partial charge in [-0.15, -0.1) is 0 Å². The van der Waals surface area contributed by atoms with Gasteiger partial charge in [-0.1, -0.05) is 24.3 Å². The summed E-state index contributed by atoms with van der Waals surface area (Å²) in [5.74, 6) is -0.921. The highest BCUT2D eigenvalue weighted by Gasteiger charge is 2.09. The zero-order valence-electron chi connectivity index (χ0n) is 13.6. The van der Waals surface area contributed by atoms with E-state index in [1.54, 1.807) is 19.2 Å². The number of carboxylic acid groups (broad SMARTS) is 1. The molecule has 0 unspecified atom stereocenters. The van der Waals surface area contributed by atoms with Gasteiger partial charge in [0.25, 0.3) is 0 Å². The van der Waals surface area contributed by atoms with E-state index < -0.39 is 5.97 Å². The largest absolute Gasteiger partial charge is 0.478 e. The summed E-state index contributed by atoms with van der Waals surface area (Å²) < 4.78 is 5.17. The normalized spacial score (nSPS) is 10.5. The van der Waals surface area contributed by atoms with Gasteiger partial charge in [0.05, 0.1) is 23.8 Å². The van der Waals surface area contributed by atoms with Gasteiger partial charge in [-0.3, -0.25) is 4.90 Å². The second-order valence-corrected chi connectivity index (χ2v) is 5.51. The Morgan fingerprint density at radius 3 is 2.08 bits per heavy atom. The average molecular weight is 324 g/mol. The van der Waals surface area contributed by atoms with Gasteiger partial charge >= 0.3 is 5.97 Å². The highest BCUT2D eigenvalue weighted by molar-refractivity contribution is 5.87. The minimum atomic E-state index is -0.921. The molecular formula is C19H20N2O3. The average Bonchev–Trinajstić information content (AvgIpc) is 2.60. The number of aromatic carboxylic acids is 1. The number of carbonyl (C=O) groups is 1. The Labute approximate surface area is 141 Å². The predicted octanol–water partition coefficient (Wildman–Crippen LogP) is 2.91. The molecule has 2 aromatic carbocycles. The fourth-order valence-corrected chi connectivity index (χ4v) is 2.39. The second-order valence-electron chi connectivity index (χ2n) is 5.51. The zero-order valence-corrected chi connectivity index (χ0v) is 13.6. The molecule has 0 spiro atoms. The SMILES string of the molecule is COCCN(Cc1ccc(C#N)cc1)Cc1ccc(C(=O)O)cc1. The third-order valence-electron chi connectivity index (χ3n) is 3.71. The summed E-state index contributed by atoms with van der Waals surface area (Å²) in [6, 6.07) is 16.5. The Kier molecular flexibility index (Phi) is 6.50. The molecule has 0 heterocycles. The number of nitriles is 1. The van der Waals surface area contributed by atoms with Crippen LogP contribution in [-0.2, 0) is 17.8 Å². The number of carboxylic acids is 1. The molecule has 0 aliphatic carbocycles. The van der Waals surface area contributed by atoms with Gasteiger partial charge in [0.2, 0.25) is 0 Å². The lowest BCUT2D eigenvalue weighted by Gasteiger charge is -2.22. The third-order valence-corrected chi connectivity index (χ3v) is 3.71. The summed E-state index contributed by atoms with van der Waals surface area (Å²) in [7, 11) is 1.67. The van der Waals surface area contributed by atoms with E-state index in [0.717, 1.165) is 24.2 Å². The Bertz CT molecular complexity index is 703. The summed E-state index contributed by atoms with van der Waals surface area (Å²) in [5, 5.41) is 17.8. The molecule has 0 aliphatic heterocycles. The van der Waals surface area contributed by atoms with Crippen molar-refractivity contribution in [2.75, 3.05) is 20.3 Å². The van der Waals surface area contributed by atoms with Crippen molar-refractivity contribution in [3.8, 4) is 6.07 Å². The van der Waals surface area contributed by atoms with E-state index in [0.29, 0.717) is 18.7 Å². The van der Waals surface area contributed by atoms with Crippen molar-refractivity contribution in [3.05, 3.63) is 70.8 Å². The van der Waals surface area contributed by atoms with Crippen LogP contribution in [0.3, 0.4) is 0 Å². The molecule has 0 bridgehead atoms. The van der Waals surface area contributed by atoms with Crippen LogP contribution < -0.4 is 0 Å². The lowest BCUT2D eigenvalue weighted by atomic mass is 10.1. The molecule has 0 amide bonds. The standard InChI is InChI=1S/C19H20N2O3/c1-24-11-10-21(13-16-4-2-15(12-20)3-5-16)14-17-6-8-18(9-7-17)19(22)23/h2-9H,10-11,13-14H2,1H3,(H,22,23). The first-order valence-corrected chi connectivity index (χ1v) is 7.65. The predicted molar refractivity (Wildman–Crippen MR) is 90.5 cm³/mol. The number of hydrogen-bond acceptors (Lipinski definition) is 4. The Balaban J connectivity index is 2.06. The van der Waals surface area contributed by atoms with Gasteiger partial charge in [-0.25, -0.2) is 4.79 Å². The van der Waals surface area contributed by atoms with Crippen molar-refractivity contribution >= 4 is 5.97 Å². The van der Waals surface area contributed by atoms with Crippen molar-refractivity contribution in [1.82, 2.24) is 4.90 Å². The zero-order chi connectivity index (χ0) is 17.4. The number of benzene rings is 2. The van der Waals surface area contributed by atoms with Gasteiger partial charge in [-0.2, -0.15) is 5.26 Å². The van der Waals surface area contributed by atoms with Gasteiger partial charge in [0.1, 0.15) is 0 Å². The van der Waals surface area contributed by atoms with Crippen LogP contribution in [-0.4, -0.2) is 36.2 Å². The number of methoxy groups -OCH3 is 1. The maximum atomic E-state index is 10.9. The van der Waals surface area contributed by atoms with E-state index in [4.69, 9.17) is 15.1 Å². The van der Waals surface area contributed by atoms with E-state index in [1.807, 2.05) is 36.4 Å². The maximum Gasteiger partial charge on any atom is 0.335 e. The van der Waals surface area contributed by atoms with E-state index in [1.165, 1.54) is 0 Å². The molecule has 0 aromatic heterocycles. The quantitative estimate of drug-likeness (QED) is 0.808. The first kappa shape index (κ1) is 17.7. The van der Waals surface area contributed by atoms with Gasteiger partial charge < -0.3 is 9.84 Å². The maximum absolute atomic E-state index is 10.9. The topological polar surface area (TPSA) is 73.6 Å². The number of rotatable bonds is 8. The fraction of sp³-hybridized carbons (Fsp3) is 0.263. The van der Waals surface area contributed by atoms with Crippen molar-refractivity contribution < 1.29 is 14.6 Å². The minimum Gasteiger partial charge on any atom is -0.478 e. The van der Waals surface area contributed by atoms with Gasteiger partial charge in [0, 0.05) is 26.7 Å². The first-order valence-electron chi connectivity index (χ1n) is 7.65. The number of ether oxygens (including phenoxy) is 1. The van der Waals surface area contributed by atoms with Crippen LogP contribution in [0.5, 0.6) is 0 Å². The monoisotopic (exact) mass is 324 g/mol. The third kappa shape index (κ3) is 5.20. The van der Waals surface area contributed by atoms with E-state index in [9.17, 15) is 4.79 Å². The summed E-state index contributed by atoms with van der Waals surface area (Å²) in [6.45, 7) is 2.81. The van der Waals surface area contributed by atoms with Crippen LogP contribution in [0.2, 0.25) is 0 Å². The molecule has 1 N–H and O–H groups in total. The molecule has 0 fully saturated rings. The Morgan fingerprint density at radius 2 is 1.62 bits per heavy atom. The minimum absolute atomic E-state index is 0.286. The number of hydrogen-bond donors (Lipinski definition) is 1. The highest BCUT2D eigenvalue weighted by atomic mass is 16.5. The summed E-state index contributed by atoms with van der Waals surface area (Å²) in [5.41, 5.74) is 3.10. The molecule has 0 atom stereocenters. The summed E-state index contributed by atoms with van der Waals surface area (Å²) >= 11 is 0. The van der Waals surface area contributed by atoms with Crippen LogP contribution in [0.1, 0.15) is 27.0 Å². The lowest BCUT2D eigenvalue weighted by Crippen LogP contribution is -2.26. The molecule has 5 nitrogen and oxygen atoms in total.